The van der Waals surface area contributed by atoms with Crippen molar-refractivity contribution in [3.8, 4) is 11.5 Å². The van der Waals surface area contributed by atoms with Gasteiger partial charge in [0, 0.05) is 16.2 Å². The van der Waals surface area contributed by atoms with Gasteiger partial charge in [-0.2, -0.15) is 0 Å². The molecule has 0 bridgehead atoms. The number of carbonyl (C=O) groups is 2. The van der Waals surface area contributed by atoms with E-state index in [-0.39, 0.29) is 0 Å². The second kappa shape index (κ2) is 7.83. The molecule has 2 amide bonds. The van der Waals surface area contributed by atoms with E-state index in [9.17, 15) is 9.59 Å². The number of nitrogens with one attached hydrogen (secondary N) is 2. The highest BCUT2D eigenvalue weighted by Crippen LogP contribution is 2.29. The number of ether oxygens (including phenoxy) is 2. The van der Waals surface area contributed by atoms with Crippen LogP contribution in [0.2, 0.25) is 0 Å². The largest absolute Gasteiger partial charge is 0.497 e. The molecule has 126 valence electrons. The Kier molecular flexibility index (Phi) is 5.81. The van der Waals surface area contributed by atoms with Crippen LogP contribution in [-0.4, -0.2) is 26.0 Å². The van der Waals surface area contributed by atoms with Gasteiger partial charge < -0.3 is 20.1 Å². The summed E-state index contributed by atoms with van der Waals surface area (Å²) in [6.07, 6.45) is 0. The molecule has 0 aliphatic rings. The Balaban J connectivity index is 2.08. The van der Waals surface area contributed by atoms with Gasteiger partial charge in [-0.3, -0.25) is 9.59 Å². The monoisotopic (exact) mass is 392 g/mol. The van der Waals surface area contributed by atoms with Crippen LogP contribution in [0.1, 0.15) is 5.56 Å². The van der Waals surface area contributed by atoms with Crippen molar-refractivity contribution in [3.05, 3.63) is 46.4 Å². The molecule has 0 aromatic heterocycles. The Bertz CT molecular complexity index is 777. The van der Waals surface area contributed by atoms with Crippen molar-refractivity contribution in [2.75, 3.05) is 24.9 Å². The topological polar surface area (TPSA) is 76.7 Å². The smallest absolute Gasteiger partial charge is 0.314 e. The van der Waals surface area contributed by atoms with Crippen LogP contribution < -0.4 is 20.1 Å². The van der Waals surface area contributed by atoms with Crippen LogP contribution in [0.15, 0.2) is 40.9 Å². The molecule has 2 aromatic rings. The maximum atomic E-state index is 12.1. The zero-order valence-corrected chi connectivity index (χ0v) is 15.1. The average molecular weight is 393 g/mol. The van der Waals surface area contributed by atoms with Gasteiger partial charge in [0.15, 0.2) is 0 Å². The summed E-state index contributed by atoms with van der Waals surface area (Å²) in [5, 5.41) is 5.06. The minimum Gasteiger partial charge on any atom is -0.497 e. The zero-order chi connectivity index (χ0) is 17.7. The summed E-state index contributed by atoms with van der Waals surface area (Å²) < 4.78 is 11.1. The van der Waals surface area contributed by atoms with E-state index in [0.717, 1.165) is 10.0 Å². The number of hydrogen-bond donors (Lipinski definition) is 2. The van der Waals surface area contributed by atoms with E-state index in [1.54, 1.807) is 30.3 Å². The quantitative estimate of drug-likeness (QED) is 0.782. The maximum Gasteiger partial charge on any atom is 0.314 e. The van der Waals surface area contributed by atoms with Crippen LogP contribution >= 0.6 is 15.9 Å². The van der Waals surface area contributed by atoms with Crippen molar-refractivity contribution in [2.45, 2.75) is 6.92 Å². The van der Waals surface area contributed by atoms with Crippen molar-refractivity contribution in [1.29, 1.82) is 0 Å². The molecule has 0 heterocycles. The van der Waals surface area contributed by atoms with Crippen LogP contribution in [0.5, 0.6) is 11.5 Å². The van der Waals surface area contributed by atoms with Gasteiger partial charge in [-0.05, 0) is 36.8 Å². The van der Waals surface area contributed by atoms with E-state index in [4.69, 9.17) is 9.47 Å². The molecule has 0 saturated heterocycles. The normalized spacial score (nSPS) is 10.0. The van der Waals surface area contributed by atoms with Crippen molar-refractivity contribution >= 4 is 39.1 Å². The fourth-order valence-electron chi connectivity index (χ4n) is 1.94. The van der Waals surface area contributed by atoms with Gasteiger partial charge in [0.05, 0.1) is 19.9 Å². The Hall–Kier alpha value is -2.54. The van der Waals surface area contributed by atoms with E-state index in [1.807, 2.05) is 13.0 Å². The predicted octanol–water partition coefficient (Wildman–Crippen LogP) is 3.35. The molecule has 2 rings (SSSR count). The number of amides is 2. The van der Waals surface area contributed by atoms with Gasteiger partial charge in [-0.15, -0.1) is 0 Å². The minimum atomic E-state index is -0.796. The van der Waals surface area contributed by atoms with Crippen LogP contribution in [-0.2, 0) is 9.59 Å². The number of carbonyl (C=O) groups excluding carboxylic acids is 2. The van der Waals surface area contributed by atoms with Crippen LogP contribution in [0.4, 0.5) is 11.4 Å². The van der Waals surface area contributed by atoms with Gasteiger partial charge in [0.1, 0.15) is 11.5 Å². The molecule has 24 heavy (non-hydrogen) atoms. The van der Waals surface area contributed by atoms with Gasteiger partial charge in [0.25, 0.3) is 0 Å². The van der Waals surface area contributed by atoms with E-state index < -0.39 is 11.8 Å². The third-order valence-corrected chi connectivity index (χ3v) is 4.15. The Morgan fingerprint density at radius 3 is 2.29 bits per heavy atom. The first-order valence-corrected chi connectivity index (χ1v) is 7.84. The lowest BCUT2D eigenvalue weighted by molar-refractivity contribution is -0.133. The number of aryl methyl sites for hydroxylation is 1. The fraction of sp³-hybridized carbons (Fsp3) is 0.176. The van der Waals surface area contributed by atoms with E-state index in [2.05, 4.69) is 26.6 Å². The maximum absolute atomic E-state index is 12.1. The SMILES string of the molecule is COc1ccc(NC(=O)C(=O)Nc2ccc(C)c(Br)c2)c(OC)c1. The lowest BCUT2D eigenvalue weighted by Crippen LogP contribution is -2.29. The molecule has 0 aliphatic heterocycles. The first-order chi connectivity index (χ1) is 11.4. The number of halogens is 1. The Labute approximate surface area is 148 Å². The van der Waals surface area contributed by atoms with Crippen molar-refractivity contribution < 1.29 is 19.1 Å². The molecule has 0 aliphatic carbocycles. The molecule has 0 spiro atoms. The third-order valence-electron chi connectivity index (χ3n) is 3.29. The molecule has 2 N–H and O–H groups in total. The Morgan fingerprint density at radius 1 is 0.958 bits per heavy atom. The molecule has 7 heteroatoms. The summed E-state index contributed by atoms with van der Waals surface area (Å²) in [5.74, 6) is -0.592. The number of rotatable bonds is 4. The second-order valence-corrected chi connectivity index (χ2v) is 5.79. The lowest BCUT2D eigenvalue weighted by atomic mass is 10.2. The minimum absolute atomic E-state index is 0.378. The van der Waals surface area contributed by atoms with Crippen LogP contribution in [0.3, 0.4) is 0 Å². The molecular weight excluding hydrogens is 376 g/mol. The van der Waals surface area contributed by atoms with Gasteiger partial charge in [-0.25, -0.2) is 0 Å². The fourth-order valence-corrected chi connectivity index (χ4v) is 2.32. The lowest BCUT2D eigenvalue weighted by Gasteiger charge is -2.12. The molecule has 0 unspecified atom stereocenters. The number of methoxy groups -OCH3 is 2. The highest BCUT2D eigenvalue weighted by molar-refractivity contribution is 9.10. The zero-order valence-electron chi connectivity index (χ0n) is 13.5. The first-order valence-electron chi connectivity index (χ1n) is 7.05. The molecule has 0 fully saturated rings. The summed E-state index contributed by atoms with van der Waals surface area (Å²) in [4.78, 5) is 24.1. The highest BCUT2D eigenvalue weighted by Gasteiger charge is 2.16. The van der Waals surface area contributed by atoms with Crippen LogP contribution in [0.25, 0.3) is 0 Å². The first kappa shape index (κ1) is 17.8. The van der Waals surface area contributed by atoms with Crippen molar-refractivity contribution in [3.63, 3.8) is 0 Å². The standard InChI is InChI=1S/C17H17BrN2O4/c1-10-4-5-11(8-13(10)18)19-16(21)17(22)20-14-7-6-12(23-2)9-15(14)24-3/h4-9H,1-3H3,(H,19,21)(H,20,22). The number of hydrogen-bond acceptors (Lipinski definition) is 4. The third kappa shape index (κ3) is 4.26. The van der Waals surface area contributed by atoms with E-state index in [0.29, 0.717) is 22.9 Å². The molecule has 6 nitrogen and oxygen atoms in total. The van der Waals surface area contributed by atoms with Gasteiger partial charge >= 0.3 is 11.8 Å². The van der Waals surface area contributed by atoms with Crippen LogP contribution in [0, 0.1) is 6.92 Å². The second-order valence-electron chi connectivity index (χ2n) is 4.94. The number of benzene rings is 2. The number of anilines is 2. The van der Waals surface area contributed by atoms with Gasteiger partial charge in [-0.1, -0.05) is 22.0 Å². The van der Waals surface area contributed by atoms with Crippen molar-refractivity contribution in [2.24, 2.45) is 0 Å². The van der Waals surface area contributed by atoms with E-state index in [1.165, 1.54) is 14.2 Å². The molecule has 0 radical (unpaired) electrons. The van der Waals surface area contributed by atoms with E-state index >= 15 is 0 Å². The molecule has 2 aromatic carbocycles. The average Bonchev–Trinajstić information content (AvgIpc) is 2.58. The van der Waals surface area contributed by atoms with Crippen molar-refractivity contribution in [1.82, 2.24) is 0 Å². The predicted molar refractivity (Wildman–Crippen MR) is 95.7 cm³/mol. The Morgan fingerprint density at radius 2 is 1.67 bits per heavy atom. The van der Waals surface area contributed by atoms with Gasteiger partial charge in [0.2, 0.25) is 0 Å². The summed E-state index contributed by atoms with van der Waals surface area (Å²) in [7, 11) is 2.99. The highest BCUT2D eigenvalue weighted by atomic mass is 79.9. The summed E-state index contributed by atoms with van der Waals surface area (Å²) in [6, 6.07) is 10.2. The summed E-state index contributed by atoms with van der Waals surface area (Å²) in [6.45, 7) is 1.93. The molecule has 0 atom stereocenters. The summed E-state index contributed by atoms with van der Waals surface area (Å²) >= 11 is 3.38. The molecular formula is C17H17BrN2O4. The summed E-state index contributed by atoms with van der Waals surface area (Å²) in [5.41, 5.74) is 1.93. The molecule has 0 saturated carbocycles.